The molecule has 5 nitrogen and oxygen atoms in total. The molecule has 1 saturated carbocycles. The number of primary amides is 1. The Labute approximate surface area is 111 Å². The third-order valence-corrected chi connectivity index (χ3v) is 3.02. The van der Waals surface area contributed by atoms with E-state index < -0.39 is 0 Å². The van der Waals surface area contributed by atoms with E-state index in [4.69, 9.17) is 10.5 Å². The molecule has 1 aliphatic heterocycles. The van der Waals surface area contributed by atoms with Crippen LogP contribution in [0.1, 0.15) is 40.5 Å². The molecule has 0 bridgehead atoms. The van der Waals surface area contributed by atoms with Gasteiger partial charge in [0.05, 0.1) is 17.7 Å². The average Bonchev–Trinajstić information content (AvgIpc) is 3.13. The maximum absolute atomic E-state index is 10.5. The molecular weight excluding hydrogens is 230 g/mol. The van der Waals surface area contributed by atoms with Crippen molar-refractivity contribution in [2.24, 2.45) is 5.73 Å². The zero-order valence-corrected chi connectivity index (χ0v) is 12.4. The Bertz CT molecular complexity index is 243. The molecule has 0 aromatic heterocycles. The van der Waals surface area contributed by atoms with Gasteiger partial charge in [0, 0.05) is 13.1 Å². The Morgan fingerprint density at radius 1 is 1.33 bits per heavy atom. The summed E-state index contributed by atoms with van der Waals surface area (Å²) in [5, 5.41) is 6.13. The topological polar surface area (TPSA) is 76.4 Å². The zero-order chi connectivity index (χ0) is 14.2. The van der Waals surface area contributed by atoms with Gasteiger partial charge < -0.3 is 21.1 Å². The first kappa shape index (κ1) is 17.4. The summed E-state index contributed by atoms with van der Waals surface area (Å²) >= 11 is 0. The fourth-order valence-electron chi connectivity index (χ4n) is 1.58. The highest BCUT2D eigenvalue weighted by Crippen LogP contribution is 2.33. The molecule has 1 saturated heterocycles. The van der Waals surface area contributed by atoms with Crippen molar-refractivity contribution in [3.63, 3.8) is 0 Å². The lowest BCUT2D eigenvalue weighted by atomic mass is 10.1. The molecular formula is C13H29N3O2. The molecule has 0 radical (unpaired) electrons. The molecule has 1 heterocycles. The number of morpholine rings is 1. The van der Waals surface area contributed by atoms with Gasteiger partial charge in [-0.15, -0.1) is 0 Å². The van der Waals surface area contributed by atoms with Crippen LogP contribution in [0.3, 0.4) is 0 Å². The van der Waals surface area contributed by atoms with Crippen LogP contribution in [0.15, 0.2) is 0 Å². The molecule has 0 unspecified atom stereocenters. The number of nitrogens with one attached hydrogen (secondary N) is 2. The molecule has 4 N–H and O–H groups in total. The predicted octanol–water partition coefficient (Wildman–Crippen LogP) is 0.635. The third-order valence-electron chi connectivity index (χ3n) is 3.02. The van der Waals surface area contributed by atoms with Gasteiger partial charge in [0.25, 0.3) is 0 Å². The van der Waals surface area contributed by atoms with E-state index in [0.717, 1.165) is 32.5 Å². The predicted molar refractivity (Wildman–Crippen MR) is 74.5 cm³/mol. The van der Waals surface area contributed by atoms with Gasteiger partial charge in [-0.25, -0.2) is 0 Å². The van der Waals surface area contributed by atoms with Crippen LogP contribution in [0.5, 0.6) is 0 Å². The van der Waals surface area contributed by atoms with Gasteiger partial charge in [-0.3, -0.25) is 4.79 Å². The van der Waals surface area contributed by atoms with Gasteiger partial charge in [0.15, 0.2) is 0 Å². The van der Waals surface area contributed by atoms with Gasteiger partial charge >= 0.3 is 0 Å². The molecule has 0 aromatic rings. The van der Waals surface area contributed by atoms with Crippen molar-refractivity contribution in [3.05, 3.63) is 0 Å². The van der Waals surface area contributed by atoms with E-state index in [2.05, 4.69) is 24.5 Å². The van der Waals surface area contributed by atoms with Gasteiger partial charge in [-0.1, -0.05) is 13.8 Å². The molecule has 18 heavy (non-hydrogen) atoms. The van der Waals surface area contributed by atoms with Gasteiger partial charge in [0.2, 0.25) is 5.91 Å². The molecule has 0 atom stereocenters. The van der Waals surface area contributed by atoms with E-state index >= 15 is 0 Å². The lowest BCUT2D eigenvalue weighted by Crippen LogP contribution is -2.45. The van der Waals surface area contributed by atoms with Crippen LogP contribution >= 0.6 is 0 Å². The lowest BCUT2D eigenvalue weighted by Gasteiger charge is -2.30. The summed E-state index contributed by atoms with van der Waals surface area (Å²) in [6.45, 7) is 11.0. The van der Waals surface area contributed by atoms with Crippen molar-refractivity contribution in [3.8, 4) is 0 Å². The SMILES string of the molecule is CC.CC1(C)CNCCO1.CNC1(C(N)=O)CC1. The number of hydrogen-bond acceptors (Lipinski definition) is 4. The average molecular weight is 259 g/mol. The lowest BCUT2D eigenvalue weighted by molar-refractivity contribution is -0.120. The second kappa shape index (κ2) is 7.71. The van der Waals surface area contributed by atoms with Crippen molar-refractivity contribution >= 4 is 5.91 Å². The Morgan fingerprint density at radius 2 is 1.89 bits per heavy atom. The Hall–Kier alpha value is -0.650. The van der Waals surface area contributed by atoms with E-state index in [-0.39, 0.29) is 17.0 Å². The minimum absolute atomic E-state index is 0.0677. The Balaban J connectivity index is 0.000000283. The number of nitrogens with two attached hydrogens (primary N) is 1. The van der Waals surface area contributed by atoms with E-state index in [1.165, 1.54) is 0 Å². The normalized spacial score (nSPS) is 22.7. The van der Waals surface area contributed by atoms with Crippen LogP contribution in [-0.4, -0.2) is 43.8 Å². The number of hydrogen-bond donors (Lipinski definition) is 3. The quantitative estimate of drug-likeness (QED) is 0.680. The third kappa shape index (κ3) is 5.80. The van der Waals surface area contributed by atoms with Crippen molar-refractivity contribution in [1.29, 1.82) is 0 Å². The second-order valence-corrected chi connectivity index (χ2v) is 4.98. The fourth-order valence-corrected chi connectivity index (χ4v) is 1.58. The molecule has 108 valence electrons. The van der Waals surface area contributed by atoms with Crippen LogP contribution < -0.4 is 16.4 Å². The molecule has 1 amide bonds. The van der Waals surface area contributed by atoms with Crippen LogP contribution in [0.4, 0.5) is 0 Å². The van der Waals surface area contributed by atoms with Gasteiger partial charge in [0.1, 0.15) is 0 Å². The van der Waals surface area contributed by atoms with E-state index in [1.807, 2.05) is 13.8 Å². The van der Waals surface area contributed by atoms with Gasteiger partial charge in [-0.05, 0) is 33.7 Å². The summed E-state index contributed by atoms with van der Waals surface area (Å²) in [6, 6.07) is 0. The molecule has 0 aromatic carbocycles. The zero-order valence-electron chi connectivity index (χ0n) is 12.4. The second-order valence-electron chi connectivity index (χ2n) is 4.98. The summed E-state index contributed by atoms with van der Waals surface area (Å²) in [5.41, 5.74) is 4.79. The maximum atomic E-state index is 10.5. The van der Waals surface area contributed by atoms with E-state index in [0.29, 0.717) is 0 Å². The molecule has 2 fully saturated rings. The molecule has 5 heteroatoms. The standard InChI is InChI=1S/C6H13NO.C5H10N2O.C2H6/c1-6(2)5-7-3-4-8-6;1-7-5(2-3-5)4(6)8;1-2/h7H,3-5H2,1-2H3;7H,2-3H2,1H3,(H2,6,8);1-2H3. The Morgan fingerprint density at radius 3 is 2.00 bits per heavy atom. The number of carbonyl (C=O) groups excluding carboxylic acids is 1. The van der Waals surface area contributed by atoms with Crippen LogP contribution in [0.25, 0.3) is 0 Å². The highest BCUT2D eigenvalue weighted by atomic mass is 16.5. The summed E-state index contributed by atoms with van der Waals surface area (Å²) in [7, 11) is 1.76. The first-order valence-corrected chi connectivity index (χ1v) is 6.75. The van der Waals surface area contributed by atoms with Crippen LogP contribution in [-0.2, 0) is 9.53 Å². The molecule has 1 aliphatic carbocycles. The number of carbonyl (C=O) groups is 1. The largest absolute Gasteiger partial charge is 0.373 e. The minimum Gasteiger partial charge on any atom is -0.373 e. The van der Waals surface area contributed by atoms with Crippen molar-refractivity contribution in [2.75, 3.05) is 26.7 Å². The van der Waals surface area contributed by atoms with Gasteiger partial charge in [-0.2, -0.15) is 0 Å². The Kier molecular flexibility index (Phi) is 7.43. The summed E-state index contributed by atoms with van der Waals surface area (Å²) in [4.78, 5) is 10.5. The van der Waals surface area contributed by atoms with Crippen molar-refractivity contribution < 1.29 is 9.53 Å². The van der Waals surface area contributed by atoms with Crippen molar-refractivity contribution in [1.82, 2.24) is 10.6 Å². The van der Waals surface area contributed by atoms with Crippen LogP contribution in [0, 0.1) is 0 Å². The summed E-state index contributed by atoms with van der Waals surface area (Å²) in [5.74, 6) is -0.222. The van der Waals surface area contributed by atoms with Crippen molar-refractivity contribution in [2.45, 2.75) is 51.7 Å². The summed E-state index contributed by atoms with van der Waals surface area (Å²) < 4.78 is 5.40. The maximum Gasteiger partial charge on any atom is 0.237 e. The highest BCUT2D eigenvalue weighted by Gasteiger charge is 2.46. The van der Waals surface area contributed by atoms with Crippen LogP contribution in [0.2, 0.25) is 0 Å². The monoisotopic (exact) mass is 259 g/mol. The van der Waals surface area contributed by atoms with E-state index in [1.54, 1.807) is 7.05 Å². The fraction of sp³-hybridized carbons (Fsp3) is 0.923. The minimum atomic E-state index is -0.319. The molecule has 2 rings (SSSR count). The number of ether oxygens (including phenoxy) is 1. The smallest absolute Gasteiger partial charge is 0.237 e. The number of rotatable bonds is 2. The first-order valence-electron chi connectivity index (χ1n) is 6.75. The highest BCUT2D eigenvalue weighted by molar-refractivity contribution is 5.87. The molecule has 0 spiro atoms. The number of likely N-dealkylation sites (N-methyl/N-ethyl adjacent to an activating group) is 1. The first-order chi connectivity index (χ1) is 8.42. The molecule has 2 aliphatic rings. The van der Waals surface area contributed by atoms with E-state index in [9.17, 15) is 4.79 Å². The summed E-state index contributed by atoms with van der Waals surface area (Å²) in [6.07, 6.45) is 1.80. The number of amides is 1.